The Kier molecular flexibility index (Phi) is 5.50. The molecule has 0 radical (unpaired) electrons. The molecule has 16 heavy (non-hydrogen) atoms. The van der Waals surface area contributed by atoms with E-state index >= 15 is 0 Å². The second-order valence-corrected chi connectivity index (χ2v) is 3.89. The minimum Gasteiger partial charge on any atom is -0.385 e. The van der Waals surface area contributed by atoms with Crippen LogP contribution < -0.4 is 5.32 Å². The molecule has 1 N–H and O–H groups in total. The lowest BCUT2D eigenvalue weighted by molar-refractivity contribution is 0.900. The van der Waals surface area contributed by atoms with Gasteiger partial charge in [-0.3, -0.25) is 0 Å². The fourth-order valence-corrected chi connectivity index (χ4v) is 1.87. The van der Waals surface area contributed by atoms with Crippen LogP contribution in [-0.4, -0.2) is 6.54 Å². The summed E-state index contributed by atoms with van der Waals surface area (Å²) in [7, 11) is 0. The van der Waals surface area contributed by atoms with Crippen molar-refractivity contribution in [3.8, 4) is 12.3 Å². The van der Waals surface area contributed by atoms with Gasteiger partial charge in [0.15, 0.2) is 0 Å². The number of para-hydroxylation sites is 1. The number of anilines is 1. The molecular weight excluding hydrogens is 194 g/mol. The number of nitrogens with one attached hydrogen (secondary N) is 1. The van der Waals surface area contributed by atoms with E-state index in [1.54, 1.807) is 0 Å². The molecule has 0 aliphatic carbocycles. The maximum Gasteiger partial charge on any atom is 0.0405 e. The third kappa shape index (κ3) is 3.31. The highest BCUT2D eigenvalue weighted by atomic mass is 14.9. The minimum absolute atomic E-state index is 0.850. The SMILES string of the molecule is C#CCCCNc1c(CC)cccc1CC. The van der Waals surface area contributed by atoms with Crippen molar-refractivity contribution < 1.29 is 0 Å². The normalized spacial score (nSPS) is 9.81. The number of rotatable bonds is 6. The summed E-state index contributed by atoms with van der Waals surface area (Å²) < 4.78 is 0. The standard InChI is InChI=1S/C15H21N/c1-4-7-8-12-16-15-13(5-2)10-9-11-14(15)6-3/h1,9-11,16H,5-8,12H2,2-3H3. The van der Waals surface area contributed by atoms with E-state index in [9.17, 15) is 0 Å². The Hall–Kier alpha value is -1.42. The Morgan fingerprint density at radius 2 is 1.81 bits per heavy atom. The van der Waals surface area contributed by atoms with Crippen molar-refractivity contribution in [3.63, 3.8) is 0 Å². The molecule has 0 aliphatic rings. The Bertz CT molecular complexity index is 338. The summed E-state index contributed by atoms with van der Waals surface area (Å²) in [5.41, 5.74) is 4.13. The molecule has 1 aromatic carbocycles. The zero-order valence-electron chi connectivity index (χ0n) is 10.3. The van der Waals surface area contributed by atoms with Crippen LogP contribution in [0.2, 0.25) is 0 Å². The third-order valence-corrected chi connectivity index (χ3v) is 2.80. The van der Waals surface area contributed by atoms with Gasteiger partial charge in [-0.1, -0.05) is 32.0 Å². The van der Waals surface area contributed by atoms with Crippen molar-refractivity contribution in [2.45, 2.75) is 39.5 Å². The Balaban J connectivity index is 2.71. The summed E-state index contributed by atoms with van der Waals surface area (Å²) in [5.74, 6) is 2.67. The van der Waals surface area contributed by atoms with Gasteiger partial charge in [-0.2, -0.15) is 0 Å². The summed E-state index contributed by atoms with van der Waals surface area (Å²) in [6, 6.07) is 6.54. The molecule has 0 atom stereocenters. The van der Waals surface area contributed by atoms with Gasteiger partial charge in [0.1, 0.15) is 0 Å². The van der Waals surface area contributed by atoms with E-state index in [1.165, 1.54) is 16.8 Å². The zero-order valence-corrected chi connectivity index (χ0v) is 10.3. The van der Waals surface area contributed by atoms with Crippen LogP contribution in [0.4, 0.5) is 5.69 Å². The number of hydrogen-bond donors (Lipinski definition) is 1. The van der Waals surface area contributed by atoms with Crippen LogP contribution in [0.1, 0.15) is 37.8 Å². The number of terminal acetylenes is 1. The van der Waals surface area contributed by atoms with Crippen LogP contribution in [0, 0.1) is 12.3 Å². The molecule has 1 nitrogen and oxygen atoms in total. The molecule has 0 heterocycles. The van der Waals surface area contributed by atoms with Crippen molar-refractivity contribution in [2.24, 2.45) is 0 Å². The first-order valence-corrected chi connectivity index (χ1v) is 6.11. The predicted molar refractivity (Wildman–Crippen MR) is 71.8 cm³/mol. The second kappa shape index (κ2) is 6.95. The smallest absolute Gasteiger partial charge is 0.0405 e. The van der Waals surface area contributed by atoms with Crippen LogP contribution in [0.25, 0.3) is 0 Å². The molecule has 0 fully saturated rings. The highest BCUT2D eigenvalue weighted by molar-refractivity contribution is 5.57. The van der Waals surface area contributed by atoms with Crippen molar-refractivity contribution >= 4 is 5.69 Å². The van der Waals surface area contributed by atoms with Crippen molar-refractivity contribution in [3.05, 3.63) is 29.3 Å². The lowest BCUT2D eigenvalue weighted by Crippen LogP contribution is -2.06. The van der Waals surface area contributed by atoms with Gasteiger partial charge in [0.2, 0.25) is 0 Å². The molecular formula is C15H21N. The molecule has 0 amide bonds. The van der Waals surface area contributed by atoms with Crippen molar-refractivity contribution in [2.75, 3.05) is 11.9 Å². The minimum atomic E-state index is 0.850. The first-order chi connectivity index (χ1) is 7.83. The van der Waals surface area contributed by atoms with Gasteiger partial charge in [0.25, 0.3) is 0 Å². The van der Waals surface area contributed by atoms with E-state index in [-0.39, 0.29) is 0 Å². The maximum atomic E-state index is 5.24. The molecule has 0 unspecified atom stereocenters. The van der Waals surface area contributed by atoms with E-state index < -0.39 is 0 Å². The molecule has 0 spiro atoms. The Labute approximate surface area is 99.3 Å². The molecule has 1 heteroatoms. The van der Waals surface area contributed by atoms with Crippen LogP contribution in [0.5, 0.6) is 0 Å². The number of unbranched alkanes of at least 4 members (excludes halogenated alkanes) is 1. The van der Waals surface area contributed by atoms with Crippen molar-refractivity contribution in [1.82, 2.24) is 0 Å². The average molecular weight is 215 g/mol. The molecule has 86 valence electrons. The van der Waals surface area contributed by atoms with Crippen LogP contribution in [0.15, 0.2) is 18.2 Å². The molecule has 0 saturated heterocycles. The van der Waals surface area contributed by atoms with E-state index in [0.717, 1.165) is 32.2 Å². The van der Waals surface area contributed by atoms with Gasteiger partial charge >= 0.3 is 0 Å². The van der Waals surface area contributed by atoms with Gasteiger partial charge in [0.05, 0.1) is 0 Å². The second-order valence-electron chi connectivity index (χ2n) is 3.89. The fraction of sp³-hybridized carbons (Fsp3) is 0.467. The Morgan fingerprint density at radius 1 is 1.19 bits per heavy atom. The first-order valence-electron chi connectivity index (χ1n) is 6.11. The summed E-state index contributed by atoms with van der Waals surface area (Å²) in [5, 5.41) is 3.52. The summed E-state index contributed by atoms with van der Waals surface area (Å²) in [6.07, 6.45) is 9.28. The zero-order chi connectivity index (χ0) is 11.8. The molecule has 0 saturated carbocycles. The highest BCUT2D eigenvalue weighted by Crippen LogP contribution is 2.22. The van der Waals surface area contributed by atoms with E-state index in [1.807, 2.05) is 0 Å². The topological polar surface area (TPSA) is 12.0 Å². The van der Waals surface area contributed by atoms with Crippen molar-refractivity contribution in [1.29, 1.82) is 0 Å². The third-order valence-electron chi connectivity index (χ3n) is 2.80. The number of benzene rings is 1. The molecule has 0 bridgehead atoms. The maximum absolute atomic E-state index is 5.24. The average Bonchev–Trinajstić information content (AvgIpc) is 2.34. The molecule has 1 aromatic rings. The largest absolute Gasteiger partial charge is 0.385 e. The lowest BCUT2D eigenvalue weighted by atomic mass is 10.0. The summed E-state index contributed by atoms with van der Waals surface area (Å²) in [4.78, 5) is 0. The van der Waals surface area contributed by atoms with Crippen LogP contribution in [0.3, 0.4) is 0 Å². The number of aryl methyl sites for hydroxylation is 2. The Morgan fingerprint density at radius 3 is 2.31 bits per heavy atom. The van der Waals surface area contributed by atoms with E-state index in [0.29, 0.717) is 0 Å². The van der Waals surface area contributed by atoms with Gasteiger partial charge in [-0.25, -0.2) is 0 Å². The monoisotopic (exact) mass is 215 g/mol. The van der Waals surface area contributed by atoms with E-state index in [2.05, 4.69) is 43.3 Å². The van der Waals surface area contributed by atoms with Gasteiger partial charge in [-0.05, 0) is 30.4 Å². The molecule has 0 aromatic heterocycles. The highest BCUT2D eigenvalue weighted by Gasteiger charge is 2.04. The fourth-order valence-electron chi connectivity index (χ4n) is 1.87. The molecule has 1 rings (SSSR count). The van der Waals surface area contributed by atoms with Crippen LogP contribution >= 0.6 is 0 Å². The van der Waals surface area contributed by atoms with Crippen LogP contribution in [-0.2, 0) is 12.8 Å². The quantitative estimate of drug-likeness (QED) is 0.564. The molecule has 0 aliphatic heterocycles. The van der Waals surface area contributed by atoms with Gasteiger partial charge < -0.3 is 5.32 Å². The van der Waals surface area contributed by atoms with E-state index in [4.69, 9.17) is 6.42 Å². The lowest BCUT2D eigenvalue weighted by Gasteiger charge is -2.14. The first kappa shape index (κ1) is 12.6. The summed E-state index contributed by atoms with van der Waals surface area (Å²) in [6.45, 7) is 5.36. The van der Waals surface area contributed by atoms with Gasteiger partial charge in [0, 0.05) is 18.7 Å². The number of hydrogen-bond acceptors (Lipinski definition) is 1. The summed E-state index contributed by atoms with van der Waals surface area (Å²) >= 11 is 0. The van der Waals surface area contributed by atoms with Gasteiger partial charge in [-0.15, -0.1) is 12.3 Å². The predicted octanol–water partition coefficient (Wildman–Crippen LogP) is 3.64.